The molecule has 0 fully saturated rings. The number of non-ortho nitro benzene ring substituents is 1. The molecule has 160 valence electrons. The van der Waals surface area contributed by atoms with E-state index in [1.165, 1.54) is 12.1 Å². The van der Waals surface area contributed by atoms with E-state index in [-0.39, 0.29) is 16.8 Å². The number of rotatable bonds is 6. The standard InChI is InChI=1S/C20H21N7O4/c1-13(22-23-17-10-9-16(26(28)29)11-18(17)27(30)31)14-5-7-15(8-6-14)25-19(12-21-24-25)20(2,3)4/h5-12,23H,1-4H3/b22-13-. The van der Waals surface area contributed by atoms with Crippen LogP contribution in [-0.4, -0.2) is 30.6 Å². The number of benzene rings is 2. The number of nitrogens with one attached hydrogen (secondary N) is 1. The second kappa shape index (κ2) is 8.30. The number of nitro benzene ring substituents is 2. The molecule has 1 N–H and O–H groups in total. The molecular formula is C20H21N7O4. The second-order valence-electron chi connectivity index (χ2n) is 7.85. The Bertz CT molecular complexity index is 1160. The Labute approximate surface area is 177 Å². The van der Waals surface area contributed by atoms with Crippen LogP contribution in [0.2, 0.25) is 0 Å². The first-order valence-electron chi connectivity index (χ1n) is 9.33. The number of anilines is 1. The van der Waals surface area contributed by atoms with Gasteiger partial charge in [0.25, 0.3) is 5.69 Å². The molecule has 0 saturated heterocycles. The van der Waals surface area contributed by atoms with Gasteiger partial charge < -0.3 is 0 Å². The van der Waals surface area contributed by atoms with E-state index in [2.05, 4.69) is 41.6 Å². The number of hydrogen-bond donors (Lipinski definition) is 1. The lowest BCUT2D eigenvalue weighted by Crippen LogP contribution is -2.17. The summed E-state index contributed by atoms with van der Waals surface area (Å²) in [7, 11) is 0. The summed E-state index contributed by atoms with van der Waals surface area (Å²) in [6, 6.07) is 10.8. The van der Waals surface area contributed by atoms with Gasteiger partial charge in [0.2, 0.25) is 0 Å². The molecule has 0 saturated carbocycles. The Morgan fingerprint density at radius 1 is 1.06 bits per heavy atom. The maximum absolute atomic E-state index is 11.2. The predicted octanol–water partition coefficient (Wildman–Crippen LogP) is 4.22. The lowest BCUT2D eigenvalue weighted by atomic mass is 9.92. The fourth-order valence-electron chi connectivity index (χ4n) is 2.87. The zero-order valence-electron chi connectivity index (χ0n) is 17.4. The quantitative estimate of drug-likeness (QED) is 0.355. The molecule has 31 heavy (non-hydrogen) atoms. The number of nitrogens with zero attached hydrogens (tertiary/aromatic N) is 6. The highest BCUT2D eigenvalue weighted by molar-refractivity contribution is 5.99. The Morgan fingerprint density at radius 3 is 2.32 bits per heavy atom. The zero-order valence-corrected chi connectivity index (χ0v) is 17.4. The van der Waals surface area contributed by atoms with Crippen LogP contribution in [0.4, 0.5) is 17.1 Å². The molecule has 0 aliphatic carbocycles. The normalized spacial score (nSPS) is 11.9. The minimum absolute atomic E-state index is 0.0593. The average molecular weight is 423 g/mol. The molecule has 3 rings (SSSR count). The second-order valence-corrected chi connectivity index (χ2v) is 7.85. The van der Waals surface area contributed by atoms with Gasteiger partial charge in [0, 0.05) is 11.5 Å². The van der Waals surface area contributed by atoms with Crippen LogP contribution in [-0.2, 0) is 5.41 Å². The van der Waals surface area contributed by atoms with Gasteiger partial charge in [0.15, 0.2) is 0 Å². The van der Waals surface area contributed by atoms with Gasteiger partial charge in [0.1, 0.15) is 5.69 Å². The van der Waals surface area contributed by atoms with Gasteiger partial charge in [-0.25, -0.2) is 4.68 Å². The Kier molecular flexibility index (Phi) is 5.77. The van der Waals surface area contributed by atoms with E-state index in [0.717, 1.165) is 23.0 Å². The van der Waals surface area contributed by atoms with Gasteiger partial charge in [-0.05, 0) is 30.7 Å². The van der Waals surface area contributed by atoms with Crippen molar-refractivity contribution < 1.29 is 9.85 Å². The maximum Gasteiger partial charge on any atom is 0.301 e. The fourth-order valence-corrected chi connectivity index (χ4v) is 2.87. The van der Waals surface area contributed by atoms with Crippen molar-refractivity contribution >= 4 is 22.8 Å². The van der Waals surface area contributed by atoms with Crippen molar-refractivity contribution in [2.45, 2.75) is 33.1 Å². The molecular weight excluding hydrogens is 402 g/mol. The van der Waals surface area contributed by atoms with Crippen molar-refractivity contribution in [1.82, 2.24) is 15.0 Å². The van der Waals surface area contributed by atoms with Crippen molar-refractivity contribution in [3.05, 3.63) is 80.1 Å². The van der Waals surface area contributed by atoms with Gasteiger partial charge >= 0.3 is 5.69 Å². The highest BCUT2D eigenvalue weighted by atomic mass is 16.6. The van der Waals surface area contributed by atoms with Crippen molar-refractivity contribution in [3.63, 3.8) is 0 Å². The first-order valence-corrected chi connectivity index (χ1v) is 9.33. The van der Waals surface area contributed by atoms with Gasteiger partial charge in [-0.1, -0.05) is 38.1 Å². The van der Waals surface area contributed by atoms with Crippen LogP contribution in [0.1, 0.15) is 39.0 Å². The Morgan fingerprint density at radius 2 is 1.74 bits per heavy atom. The summed E-state index contributed by atoms with van der Waals surface area (Å²) in [6.07, 6.45) is 1.74. The summed E-state index contributed by atoms with van der Waals surface area (Å²) in [6.45, 7) is 7.98. The first-order chi connectivity index (χ1) is 14.6. The summed E-state index contributed by atoms with van der Waals surface area (Å²) in [5.74, 6) is 0. The maximum atomic E-state index is 11.2. The first kappa shape index (κ1) is 21.6. The largest absolute Gasteiger partial charge is 0.301 e. The van der Waals surface area contributed by atoms with E-state index in [9.17, 15) is 20.2 Å². The minimum Gasteiger partial charge on any atom is -0.271 e. The molecule has 1 aromatic heterocycles. The van der Waals surface area contributed by atoms with Crippen molar-refractivity contribution in [1.29, 1.82) is 0 Å². The zero-order chi connectivity index (χ0) is 22.8. The summed E-state index contributed by atoms with van der Waals surface area (Å²) < 4.78 is 1.77. The van der Waals surface area contributed by atoms with Crippen molar-refractivity contribution in [3.8, 4) is 5.69 Å². The number of hydrazone groups is 1. The van der Waals surface area contributed by atoms with Gasteiger partial charge in [-0.3, -0.25) is 25.7 Å². The molecule has 0 unspecified atom stereocenters. The lowest BCUT2D eigenvalue weighted by Gasteiger charge is -2.19. The summed E-state index contributed by atoms with van der Waals surface area (Å²) in [4.78, 5) is 20.7. The molecule has 11 heteroatoms. The van der Waals surface area contributed by atoms with Crippen LogP contribution >= 0.6 is 0 Å². The summed E-state index contributed by atoms with van der Waals surface area (Å²) >= 11 is 0. The number of aromatic nitrogens is 3. The molecule has 0 aliphatic heterocycles. The van der Waals surface area contributed by atoms with Gasteiger partial charge in [-0.15, -0.1) is 5.10 Å². The summed E-state index contributed by atoms with van der Waals surface area (Å²) in [5.41, 5.74) is 4.95. The SMILES string of the molecule is C/C(=N/Nc1ccc([N+](=O)[O-])cc1[N+](=O)[O-])c1ccc(-n2nncc2C(C)(C)C)cc1. The highest BCUT2D eigenvalue weighted by Gasteiger charge is 2.21. The third-order valence-electron chi connectivity index (χ3n) is 4.58. The van der Waals surface area contributed by atoms with Crippen molar-refractivity contribution in [2.24, 2.45) is 5.10 Å². The third-order valence-corrected chi connectivity index (χ3v) is 4.58. The molecule has 3 aromatic rings. The topological polar surface area (TPSA) is 141 Å². The molecule has 11 nitrogen and oxygen atoms in total. The van der Waals surface area contributed by atoms with Gasteiger partial charge in [-0.2, -0.15) is 5.10 Å². The van der Waals surface area contributed by atoms with Crippen molar-refractivity contribution in [2.75, 3.05) is 5.43 Å². The van der Waals surface area contributed by atoms with E-state index < -0.39 is 15.5 Å². The molecule has 0 atom stereocenters. The van der Waals surface area contributed by atoms with Crippen LogP contribution in [0.25, 0.3) is 5.69 Å². The van der Waals surface area contributed by atoms with Crippen LogP contribution in [0.3, 0.4) is 0 Å². The van der Waals surface area contributed by atoms with E-state index in [1.54, 1.807) is 17.8 Å². The molecule has 2 aromatic carbocycles. The highest BCUT2D eigenvalue weighted by Crippen LogP contribution is 2.29. The van der Waals surface area contributed by atoms with E-state index in [1.807, 2.05) is 24.3 Å². The Balaban J connectivity index is 1.83. The Hall–Kier alpha value is -4.15. The molecule has 0 radical (unpaired) electrons. The summed E-state index contributed by atoms with van der Waals surface area (Å²) in [5, 5.41) is 34.4. The number of hydrogen-bond acceptors (Lipinski definition) is 8. The molecule has 0 amide bonds. The van der Waals surface area contributed by atoms with Crippen LogP contribution in [0, 0.1) is 20.2 Å². The number of nitro groups is 2. The smallest absolute Gasteiger partial charge is 0.271 e. The monoisotopic (exact) mass is 423 g/mol. The average Bonchev–Trinajstić information content (AvgIpc) is 3.22. The third kappa shape index (κ3) is 4.71. The fraction of sp³-hybridized carbons (Fsp3) is 0.250. The van der Waals surface area contributed by atoms with Gasteiger partial charge in [0.05, 0.1) is 39.2 Å². The van der Waals surface area contributed by atoms with Crippen LogP contribution in [0.5, 0.6) is 0 Å². The van der Waals surface area contributed by atoms with E-state index >= 15 is 0 Å². The molecule has 0 spiro atoms. The van der Waals surface area contributed by atoms with E-state index in [4.69, 9.17) is 0 Å². The minimum atomic E-state index is -0.695. The lowest BCUT2D eigenvalue weighted by molar-refractivity contribution is -0.393. The van der Waals surface area contributed by atoms with Crippen LogP contribution < -0.4 is 5.43 Å². The molecule has 0 bridgehead atoms. The van der Waals surface area contributed by atoms with Crippen LogP contribution in [0.15, 0.2) is 53.8 Å². The van der Waals surface area contributed by atoms with E-state index in [0.29, 0.717) is 5.71 Å². The molecule has 0 aliphatic rings. The predicted molar refractivity (Wildman–Crippen MR) is 116 cm³/mol. The molecule has 1 heterocycles.